The van der Waals surface area contributed by atoms with Crippen LogP contribution in [0.2, 0.25) is 0 Å². The van der Waals surface area contributed by atoms with Crippen LogP contribution < -0.4 is 4.74 Å². The van der Waals surface area contributed by atoms with Crippen LogP contribution in [0.1, 0.15) is 49.3 Å². The Hall–Kier alpha value is -2.75. The summed E-state index contributed by atoms with van der Waals surface area (Å²) < 4.78 is 12.8. The van der Waals surface area contributed by atoms with Crippen molar-refractivity contribution in [2.75, 3.05) is 13.7 Å². The lowest BCUT2D eigenvalue weighted by molar-refractivity contribution is 0.0527. The predicted molar refractivity (Wildman–Crippen MR) is 109 cm³/mol. The van der Waals surface area contributed by atoms with Gasteiger partial charge in [-0.15, -0.1) is 0 Å². The molecular formula is C23H27NO3. The van der Waals surface area contributed by atoms with Crippen molar-refractivity contribution < 1.29 is 14.3 Å². The molecule has 1 aromatic heterocycles. The molecule has 0 bridgehead atoms. The first-order valence-electron chi connectivity index (χ1n) is 9.25. The Labute approximate surface area is 160 Å². The van der Waals surface area contributed by atoms with Gasteiger partial charge in [-0.3, -0.25) is 0 Å². The van der Waals surface area contributed by atoms with Crippen molar-refractivity contribution in [3.05, 3.63) is 59.3 Å². The molecule has 0 spiro atoms. The van der Waals surface area contributed by atoms with Crippen molar-refractivity contribution in [3.8, 4) is 11.4 Å². The lowest BCUT2D eigenvalue weighted by atomic mass is 9.87. The van der Waals surface area contributed by atoms with E-state index >= 15 is 0 Å². The molecule has 3 aromatic rings. The lowest BCUT2D eigenvalue weighted by Crippen LogP contribution is -2.11. The van der Waals surface area contributed by atoms with E-state index in [1.165, 1.54) is 5.56 Å². The van der Waals surface area contributed by atoms with Crippen LogP contribution in [0.3, 0.4) is 0 Å². The Kier molecular flexibility index (Phi) is 5.01. The molecular weight excluding hydrogens is 338 g/mol. The van der Waals surface area contributed by atoms with Gasteiger partial charge in [0.05, 0.1) is 24.8 Å². The Morgan fingerprint density at radius 3 is 2.30 bits per heavy atom. The molecule has 2 aromatic carbocycles. The van der Waals surface area contributed by atoms with E-state index in [0.717, 1.165) is 22.3 Å². The van der Waals surface area contributed by atoms with E-state index < -0.39 is 0 Å². The van der Waals surface area contributed by atoms with Crippen LogP contribution in [0.4, 0.5) is 0 Å². The molecule has 0 unspecified atom stereocenters. The average Bonchev–Trinajstić information content (AvgIpc) is 2.92. The van der Waals surface area contributed by atoms with E-state index in [1.54, 1.807) is 7.11 Å². The highest BCUT2D eigenvalue weighted by molar-refractivity contribution is 6.07. The number of fused-ring (bicyclic) bond motifs is 1. The summed E-state index contributed by atoms with van der Waals surface area (Å²) in [6, 6.07) is 14.3. The molecule has 0 amide bonds. The molecule has 0 atom stereocenters. The average molecular weight is 365 g/mol. The van der Waals surface area contributed by atoms with Crippen molar-refractivity contribution in [1.29, 1.82) is 0 Å². The van der Waals surface area contributed by atoms with Gasteiger partial charge in [-0.1, -0.05) is 32.9 Å². The van der Waals surface area contributed by atoms with Gasteiger partial charge in [0.2, 0.25) is 0 Å². The second-order valence-electron chi connectivity index (χ2n) is 7.70. The summed E-state index contributed by atoms with van der Waals surface area (Å²) in [6.45, 7) is 10.7. The van der Waals surface area contributed by atoms with Crippen LogP contribution in [0, 0.1) is 6.92 Å². The van der Waals surface area contributed by atoms with Crippen LogP contribution in [-0.2, 0) is 10.2 Å². The molecule has 3 rings (SSSR count). The fraction of sp³-hybridized carbons (Fsp3) is 0.348. The standard InChI is InChI=1S/C23H27NO3/c1-7-27-22(25)21-15(2)24(20-13-12-18(26-6)14-19(20)21)17-10-8-16(9-11-17)23(3,4)5/h8-14H,7H2,1-6H3. The van der Waals surface area contributed by atoms with Crippen LogP contribution in [0.5, 0.6) is 5.75 Å². The normalized spacial score (nSPS) is 11.6. The Balaban J connectivity index is 2.24. The van der Waals surface area contributed by atoms with Gasteiger partial charge in [-0.2, -0.15) is 0 Å². The summed E-state index contributed by atoms with van der Waals surface area (Å²) in [5.41, 5.74) is 4.79. The SMILES string of the molecule is CCOC(=O)c1c(C)n(-c2ccc(C(C)(C)C)cc2)c2ccc(OC)cc12. The summed E-state index contributed by atoms with van der Waals surface area (Å²) in [4.78, 5) is 12.6. The van der Waals surface area contributed by atoms with Gasteiger partial charge in [0.15, 0.2) is 0 Å². The molecule has 0 aliphatic carbocycles. The number of ether oxygens (including phenoxy) is 2. The molecule has 0 saturated heterocycles. The van der Waals surface area contributed by atoms with Gasteiger partial charge in [-0.25, -0.2) is 4.79 Å². The third-order valence-electron chi connectivity index (χ3n) is 4.88. The smallest absolute Gasteiger partial charge is 0.340 e. The molecule has 1 heterocycles. The van der Waals surface area contributed by atoms with E-state index in [2.05, 4.69) is 49.6 Å². The van der Waals surface area contributed by atoms with E-state index in [4.69, 9.17) is 9.47 Å². The summed E-state index contributed by atoms with van der Waals surface area (Å²) in [6.07, 6.45) is 0. The number of nitrogens with zero attached hydrogens (tertiary/aromatic N) is 1. The molecule has 0 fully saturated rings. The van der Waals surface area contributed by atoms with E-state index in [1.807, 2.05) is 32.0 Å². The first kappa shape index (κ1) is 19.0. The minimum Gasteiger partial charge on any atom is -0.497 e. The largest absolute Gasteiger partial charge is 0.497 e. The number of carbonyl (C=O) groups excluding carboxylic acids is 1. The van der Waals surface area contributed by atoms with Crippen molar-refractivity contribution in [2.45, 2.75) is 40.0 Å². The summed E-state index contributed by atoms with van der Waals surface area (Å²) in [7, 11) is 1.63. The van der Waals surface area contributed by atoms with Crippen LogP contribution in [0.15, 0.2) is 42.5 Å². The molecule has 4 nitrogen and oxygen atoms in total. The van der Waals surface area contributed by atoms with Gasteiger partial charge < -0.3 is 14.0 Å². The maximum absolute atomic E-state index is 12.6. The number of methoxy groups -OCH3 is 1. The van der Waals surface area contributed by atoms with Crippen molar-refractivity contribution in [3.63, 3.8) is 0 Å². The molecule has 0 saturated carbocycles. The topological polar surface area (TPSA) is 40.5 Å². The molecule has 142 valence electrons. The maximum atomic E-state index is 12.6. The number of benzene rings is 2. The fourth-order valence-electron chi connectivity index (χ4n) is 3.43. The highest BCUT2D eigenvalue weighted by atomic mass is 16.5. The molecule has 0 N–H and O–H groups in total. The number of hydrogen-bond acceptors (Lipinski definition) is 3. The number of aromatic nitrogens is 1. The number of carbonyl (C=O) groups is 1. The van der Waals surface area contributed by atoms with Gasteiger partial charge in [0.1, 0.15) is 5.75 Å². The number of hydrogen-bond donors (Lipinski definition) is 0. The van der Waals surface area contributed by atoms with Crippen LogP contribution in [-0.4, -0.2) is 24.3 Å². The van der Waals surface area contributed by atoms with Crippen molar-refractivity contribution in [1.82, 2.24) is 4.57 Å². The summed E-state index contributed by atoms with van der Waals surface area (Å²) >= 11 is 0. The fourth-order valence-corrected chi connectivity index (χ4v) is 3.43. The summed E-state index contributed by atoms with van der Waals surface area (Å²) in [5.74, 6) is 0.409. The minimum atomic E-state index is -0.307. The first-order valence-corrected chi connectivity index (χ1v) is 9.25. The molecule has 27 heavy (non-hydrogen) atoms. The second-order valence-corrected chi connectivity index (χ2v) is 7.70. The third kappa shape index (κ3) is 3.44. The highest BCUT2D eigenvalue weighted by Crippen LogP contribution is 2.33. The van der Waals surface area contributed by atoms with E-state index in [-0.39, 0.29) is 11.4 Å². The zero-order valence-corrected chi connectivity index (χ0v) is 16.9. The third-order valence-corrected chi connectivity index (χ3v) is 4.88. The van der Waals surface area contributed by atoms with Crippen LogP contribution >= 0.6 is 0 Å². The molecule has 4 heteroatoms. The molecule has 0 radical (unpaired) electrons. The minimum absolute atomic E-state index is 0.0930. The molecule has 0 aliphatic heterocycles. The Bertz CT molecular complexity index is 976. The van der Waals surface area contributed by atoms with Gasteiger partial charge in [0, 0.05) is 16.8 Å². The zero-order chi connectivity index (χ0) is 19.8. The number of rotatable bonds is 4. The second kappa shape index (κ2) is 7.10. The number of esters is 1. The summed E-state index contributed by atoms with van der Waals surface area (Å²) in [5, 5.41) is 0.838. The Morgan fingerprint density at radius 2 is 1.74 bits per heavy atom. The van der Waals surface area contributed by atoms with Gasteiger partial charge in [0.25, 0.3) is 0 Å². The first-order chi connectivity index (χ1) is 12.8. The van der Waals surface area contributed by atoms with Gasteiger partial charge >= 0.3 is 5.97 Å². The Morgan fingerprint density at radius 1 is 1.07 bits per heavy atom. The highest BCUT2D eigenvalue weighted by Gasteiger charge is 2.22. The van der Waals surface area contributed by atoms with Gasteiger partial charge in [-0.05, 0) is 55.2 Å². The van der Waals surface area contributed by atoms with E-state index in [0.29, 0.717) is 17.9 Å². The predicted octanol–water partition coefficient (Wildman–Crippen LogP) is 5.42. The van der Waals surface area contributed by atoms with Crippen molar-refractivity contribution in [2.24, 2.45) is 0 Å². The van der Waals surface area contributed by atoms with Crippen LogP contribution in [0.25, 0.3) is 16.6 Å². The monoisotopic (exact) mass is 365 g/mol. The lowest BCUT2D eigenvalue weighted by Gasteiger charge is -2.19. The quantitative estimate of drug-likeness (QED) is 0.580. The van der Waals surface area contributed by atoms with E-state index in [9.17, 15) is 4.79 Å². The maximum Gasteiger partial charge on any atom is 0.340 e. The molecule has 0 aliphatic rings. The zero-order valence-electron chi connectivity index (χ0n) is 16.9. The van der Waals surface area contributed by atoms with Crippen molar-refractivity contribution >= 4 is 16.9 Å².